The molecule has 0 aromatic carbocycles. The van der Waals surface area contributed by atoms with Gasteiger partial charge in [0.2, 0.25) is 0 Å². The Morgan fingerprint density at radius 2 is 2.30 bits per heavy atom. The van der Waals surface area contributed by atoms with Gasteiger partial charge in [-0.15, -0.1) is 0 Å². The lowest BCUT2D eigenvalue weighted by atomic mass is 10.2. The van der Waals surface area contributed by atoms with E-state index in [4.69, 9.17) is 9.84 Å². The molecule has 0 aromatic heterocycles. The van der Waals surface area contributed by atoms with E-state index in [1.54, 1.807) is 0 Å². The summed E-state index contributed by atoms with van der Waals surface area (Å²) in [5, 5.41) is 9.12. The zero-order chi connectivity index (χ0) is 7.56. The van der Waals surface area contributed by atoms with E-state index in [-0.39, 0.29) is 6.10 Å². The Morgan fingerprint density at radius 3 is 2.80 bits per heavy atom. The van der Waals surface area contributed by atoms with Gasteiger partial charge in [-0.3, -0.25) is 4.90 Å². The van der Waals surface area contributed by atoms with Gasteiger partial charge < -0.3 is 9.84 Å². The van der Waals surface area contributed by atoms with Gasteiger partial charge in [0.15, 0.2) is 6.29 Å². The number of likely N-dealkylation sites (N-methyl/N-ethyl adjacent to an activating group) is 1. The topological polar surface area (TPSA) is 32.7 Å². The van der Waals surface area contributed by atoms with Crippen LogP contribution >= 0.6 is 0 Å². The van der Waals surface area contributed by atoms with Crippen molar-refractivity contribution < 1.29 is 9.84 Å². The zero-order valence-electron chi connectivity index (χ0n) is 6.58. The molecule has 2 atom stereocenters. The molecule has 1 aliphatic heterocycles. The minimum absolute atomic E-state index is 0.216. The van der Waals surface area contributed by atoms with E-state index in [2.05, 4.69) is 11.8 Å². The smallest absolute Gasteiger partial charge is 0.167 e. The van der Waals surface area contributed by atoms with Crippen LogP contribution in [0, 0.1) is 0 Å². The molecule has 1 fully saturated rings. The van der Waals surface area contributed by atoms with Crippen molar-refractivity contribution in [3.8, 4) is 0 Å². The van der Waals surface area contributed by atoms with E-state index in [1.165, 1.54) is 0 Å². The van der Waals surface area contributed by atoms with Crippen LogP contribution in [-0.2, 0) is 4.74 Å². The first-order chi connectivity index (χ1) is 4.72. The molecular formula is C7H15NO2. The van der Waals surface area contributed by atoms with Gasteiger partial charge >= 0.3 is 0 Å². The zero-order valence-corrected chi connectivity index (χ0v) is 6.58. The van der Waals surface area contributed by atoms with E-state index in [0.29, 0.717) is 6.54 Å². The van der Waals surface area contributed by atoms with E-state index < -0.39 is 6.29 Å². The fraction of sp³-hybridized carbons (Fsp3) is 1.00. The lowest BCUT2D eigenvalue weighted by molar-refractivity contribution is -0.179. The summed E-state index contributed by atoms with van der Waals surface area (Å²) in [6.07, 6.45) is 0.610. The molecule has 0 bridgehead atoms. The maximum Gasteiger partial charge on any atom is 0.167 e. The molecule has 0 aromatic rings. The van der Waals surface area contributed by atoms with Crippen molar-refractivity contribution in [3.05, 3.63) is 0 Å². The van der Waals surface area contributed by atoms with Gasteiger partial charge in [0.05, 0.1) is 6.10 Å². The van der Waals surface area contributed by atoms with Crippen molar-refractivity contribution in [1.29, 1.82) is 0 Å². The number of hydrogen-bond donors (Lipinski definition) is 1. The summed E-state index contributed by atoms with van der Waals surface area (Å²) in [4.78, 5) is 2.09. The van der Waals surface area contributed by atoms with Gasteiger partial charge in [0.25, 0.3) is 0 Å². The lowest BCUT2D eigenvalue weighted by Crippen LogP contribution is -2.45. The highest BCUT2D eigenvalue weighted by molar-refractivity contribution is 4.68. The quantitative estimate of drug-likeness (QED) is 0.565. The lowest BCUT2D eigenvalue weighted by Gasteiger charge is -2.32. The summed E-state index contributed by atoms with van der Waals surface area (Å²) in [6.45, 7) is 3.64. The molecule has 3 heteroatoms. The van der Waals surface area contributed by atoms with Gasteiger partial charge in [0.1, 0.15) is 0 Å². The molecule has 0 spiro atoms. The van der Waals surface area contributed by atoms with Crippen LogP contribution in [0.15, 0.2) is 0 Å². The van der Waals surface area contributed by atoms with Crippen LogP contribution in [-0.4, -0.2) is 42.5 Å². The van der Waals surface area contributed by atoms with E-state index in [0.717, 1.165) is 13.0 Å². The highest BCUT2D eigenvalue weighted by atomic mass is 16.6. The van der Waals surface area contributed by atoms with Crippen LogP contribution in [0.5, 0.6) is 0 Å². The molecule has 1 aliphatic rings. The first-order valence-electron chi connectivity index (χ1n) is 3.74. The normalized spacial score (nSPS) is 36.3. The van der Waals surface area contributed by atoms with Crippen molar-refractivity contribution in [2.75, 3.05) is 20.1 Å². The second-order valence-electron chi connectivity index (χ2n) is 2.84. The summed E-state index contributed by atoms with van der Waals surface area (Å²) >= 11 is 0. The van der Waals surface area contributed by atoms with Gasteiger partial charge in [0, 0.05) is 13.1 Å². The van der Waals surface area contributed by atoms with E-state index in [1.807, 2.05) is 7.05 Å². The number of morpholine rings is 1. The number of aliphatic hydroxyl groups excluding tert-OH is 1. The Hall–Kier alpha value is -0.120. The average molecular weight is 145 g/mol. The molecular weight excluding hydrogens is 130 g/mol. The number of hydrogen-bond acceptors (Lipinski definition) is 3. The molecule has 1 N–H and O–H groups in total. The largest absolute Gasteiger partial charge is 0.367 e. The van der Waals surface area contributed by atoms with Crippen molar-refractivity contribution in [1.82, 2.24) is 4.90 Å². The third kappa shape index (κ3) is 1.94. The molecule has 2 unspecified atom stereocenters. The van der Waals surface area contributed by atoms with E-state index >= 15 is 0 Å². The Bertz CT molecular complexity index is 97.8. The Morgan fingerprint density at radius 1 is 1.60 bits per heavy atom. The fourth-order valence-corrected chi connectivity index (χ4v) is 1.22. The van der Waals surface area contributed by atoms with E-state index in [9.17, 15) is 0 Å². The molecule has 0 aliphatic carbocycles. The maximum absolute atomic E-state index is 9.12. The third-order valence-electron chi connectivity index (χ3n) is 1.79. The fourth-order valence-electron chi connectivity index (χ4n) is 1.22. The first-order valence-corrected chi connectivity index (χ1v) is 3.74. The molecule has 60 valence electrons. The highest BCUT2D eigenvalue weighted by Gasteiger charge is 2.21. The van der Waals surface area contributed by atoms with Gasteiger partial charge in [-0.25, -0.2) is 0 Å². The Balaban J connectivity index is 2.35. The molecule has 1 saturated heterocycles. The monoisotopic (exact) mass is 145 g/mol. The van der Waals surface area contributed by atoms with Crippen molar-refractivity contribution >= 4 is 0 Å². The standard InChI is InChI=1S/C7H15NO2/c1-3-6-4-8(2)5-7(9)10-6/h6-7,9H,3-5H2,1-2H3. The second kappa shape index (κ2) is 3.32. The third-order valence-corrected chi connectivity index (χ3v) is 1.79. The van der Waals surface area contributed by atoms with Gasteiger partial charge in [-0.05, 0) is 13.5 Å². The summed E-state index contributed by atoms with van der Waals surface area (Å²) < 4.78 is 5.22. The number of ether oxygens (including phenoxy) is 1. The predicted octanol–water partition coefficient (Wildman–Crippen LogP) is 0.0454. The SMILES string of the molecule is CCC1CN(C)CC(O)O1. The summed E-state index contributed by atoms with van der Waals surface area (Å²) in [5.41, 5.74) is 0. The second-order valence-corrected chi connectivity index (χ2v) is 2.84. The van der Waals surface area contributed by atoms with Crippen molar-refractivity contribution in [3.63, 3.8) is 0 Å². The van der Waals surface area contributed by atoms with Gasteiger partial charge in [-0.1, -0.05) is 6.92 Å². The molecule has 1 rings (SSSR count). The number of β-amino-alcohol motifs (C(OH)–C–C–N with tert-alkyl or cyclic N) is 1. The van der Waals surface area contributed by atoms with Crippen LogP contribution in [0.2, 0.25) is 0 Å². The van der Waals surface area contributed by atoms with Crippen molar-refractivity contribution in [2.45, 2.75) is 25.7 Å². The highest BCUT2D eigenvalue weighted by Crippen LogP contribution is 2.09. The van der Waals surface area contributed by atoms with Crippen LogP contribution in [0.1, 0.15) is 13.3 Å². The van der Waals surface area contributed by atoms with Crippen molar-refractivity contribution in [2.24, 2.45) is 0 Å². The minimum atomic E-state index is -0.580. The average Bonchev–Trinajstić information content (AvgIpc) is 1.85. The predicted molar refractivity (Wildman–Crippen MR) is 38.7 cm³/mol. The minimum Gasteiger partial charge on any atom is -0.367 e. The molecule has 3 nitrogen and oxygen atoms in total. The number of nitrogens with zero attached hydrogens (tertiary/aromatic N) is 1. The van der Waals surface area contributed by atoms with Gasteiger partial charge in [-0.2, -0.15) is 0 Å². The molecule has 0 saturated carbocycles. The maximum atomic E-state index is 9.12. The Labute approximate surface area is 61.6 Å². The summed E-state index contributed by atoms with van der Waals surface area (Å²) in [6, 6.07) is 0. The van der Waals surface area contributed by atoms with Crippen LogP contribution in [0.4, 0.5) is 0 Å². The first kappa shape index (κ1) is 7.98. The molecule has 10 heavy (non-hydrogen) atoms. The number of aliphatic hydroxyl groups is 1. The summed E-state index contributed by atoms with van der Waals surface area (Å²) in [7, 11) is 1.99. The molecule has 0 amide bonds. The number of rotatable bonds is 1. The molecule has 0 radical (unpaired) electrons. The Kier molecular flexibility index (Phi) is 2.65. The summed E-state index contributed by atoms with van der Waals surface area (Å²) in [5.74, 6) is 0. The molecule has 1 heterocycles. The van der Waals surface area contributed by atoms with Crippen LogP contribution in [0.25, 0.3) is 0 Å². The van der Waals surface area contributed by atoms with Crippen LogP contribution < -0.4 is 0 Å². The van der Waals surface area contributed by atoms with Crippen LogP contribution in [0.3, 0.4) is 0 Å².